The van der Waals surface area contributed by atoms with Crippen LogP contribution in [0.2, 0.25) is 0 Å². The van der Waals surface area contributed by atoms with Crippen LogP contribution >= 0.6 is 0 Å². The summed E-state index contributed by atoms with van der Waals surface area (Å²) in [7, 11) is 0. The average molecular weight is 170 g/mol. The first kappa shape index (κ1) is 11.3. The van der Waals surface area contributed by atoms with Crippen LogP contribution in [0, 0.1) is 17.9 Å². The first-order chi connectivity index (χ1) is 5.64. The Balaban J connectivity index is 4.54. The molecule has 0 amide bonds. The molecule has 0 radical (unpaired) electrons. The zero-order valence-electron chi connectivity index (χ0n) is 8.09. The van der Waals surface area contributed by atoms with Crippen LogP contribution in [0.1, 0.15) is 40.0 Å². The van der Waals surface area contributed by atoms with Gasteiger partial charge in [0.05, 0.1) is 0 Å². The zero-order chi connectivity index (χ0) is 9.61. The van der Waals surface area contributed by atoms with Gasteiger partial charge in [0, 0.05) is 0 Å². The maximum Gasteiger partial charge on any atom is 0.131 e. The van der Waals surface area contributed by atoms with Gasteiger partial charge >= 0.3 is 0 Å². The highest BCUT2D eigenvalue weighted by atomic mass is 16.3. The molecule has 0 fully saturated rings. The highest BCUT2D eigenvalue weighted by molar-refractivity contribution is 5.11. The SMILES string of the molecule is CCC(CC)C(O)(C#CO)CC. The smallest absolute Gasteiger partial charge is 0.131 e. The van der Waals surface area contributed by atoms with Crippen LogP contribution < -0.4 is 0 Å². The summed E-state index contributed by atoms with van der Waals surface area (Å²) in [6, 6.07) is 0. The molecular formula is C10H18O2. The lowest BCUT2D eigenvalue weighted by atomic mass is 9.82. The summed E-state index contributed by atoms with van der Waals surface area (Å²) < 4.78 is 0. The van der Waals surface area contributed by atoms with Gasteiger partial charge < -0.3 is 10.2 Å². The van der Waals surface area contributed by atoms with Gasteiger partial charge in [-0.05, 0) is 31.1 Å². The van der Waals surface area contributed by atoms with Gasteiger partial charge in [0.2, 0.25) is 0 Å². The van der Waals surface area contributed by atoms with E-state index in [1.165, 1.54) is 0 Å². The number of hydrogen-bond donors (Lipinski definition) is 2. The molecule has 70 valence electrons. The normalized spacial score (nSPS) is 15.1. The van der Waals surface area contributed by atoms with Crippen LogP contribution in [-0.4, -0.2) is 15.8 Å². The molecule has 12 heavy (non-hydrogen) atoms. The van der Waals surface area contributed by atoms with Crippen molar-refractivity contribution in [3.8, 4) is 12.0 Å². The Bertz CT molecular complexity index is 174. The van der Waals surface area contributed by atoms with Crippen molar-refractivity contribution in [3.63, 3.8) is 0 Å². The van der Waals surface area contributed by atoms with Crippen molar-refractivity contribution in [3.05, 3.63) is 0 Å². The van der Waals surface area contributed by atoms with E-state index in [2.05, 4.69) is 5.92 Å². The Hall–Kier alpha value is -0.680. The van der Waals surface area contributed by atoms with Crippen molar-refractivity contribution in [1.82, 2.24) is 0 Å². The molecule has 0 saturated carbocycles. The molecule has 2 N–H and O–H groups in total. The van der Waals surface area contributed by atoms with E-state index in [1.54, 1.807) is 0 Å². The summed E-state index contributed by atoms with van der Waals surface area (Å²) in [6.07, 6.45) is 4.14. The summed E-state index contributed by atoms with van der Waals surface area (Å²) in [5.74, 6) is 2.63. The third kappa shape index (κ3) is 2.42. The molecule has 0 spiro atoms. The second kappa shape index (κ2) is 5.05. The Morgan fingerprint density at radius 2 is 1.75 bits per heavy atom. The van der Waals surface area contributed by atoms with Crippen molar-refractivity contribution in [2.45, 2.75) is 45.6 Å². The number of rotatable bonds is 4. The highest BCUT2D eigenvalue weighted by Gasteiger charge is 2.30. The van der Waals surface area contributed by atoms with Gasteiger partial charge in [-0.3, -0.25) is 0 Å². The third-order valence-electron chi connectivity index (χ3n) is 2.47. The molecule has 0 aliphatic heterocycles. The van der Waals surface area contributed by atoms with Gasteiger partial charge in [-0.15, -0.1) is 0 Å². The van der Waals surface area contributed by atoms with E-state index in [1.807, 2.05) is 26.9 Å². The Kier molecular flexibility index (Phi) is 4.77. The minimum Gasteiger partial charge on any atom is -0.462 e. The van der Waals surface area contributed by atoms with Gasteiger partial charge in [0.25, 0.3) is 0 Å². The quantitative estimate of drug-likeness (QED) is 0.633. The second-order valence-corrected chi connectivity index (χ2v) is 3.03. The molecule has 2 nitrogen and oxygen atoms in total. The van der Waals surface area contributed by atoms with Crippen LogP contribution in [0.3, 0.4) is 0 Å². The van der Waals surface area contributed by atoms with Crippen LogP contribution in [0.25, 0.3) is 0 Å². The number of aliphatic hydroxyl groups is 2. The lowest BCUT2D eigenvalue weighted by Crippen LogP contribution is -2.35. The average Bonchev–Trinajstić information content (AvgIpc) is 2.07. The van der Waals surface area contributed by atoms with E-state index in [-0.39, 0.29) is 5.92 Å². The Morgan fingerprint density at radius 3 is 2.00 bits per heavy atom. The minimum atomic E-state index is -1.00. The van der Waals surface area contributed by atoms with E-state index >= 15 is 0 Å². The van der Waals surface area contributed by atoms with Gasteiger partial charge in [-0.1, -0.05) is 20.8 Å². The summed E-state index contributed by atoms with van der Waals surface area (Å²) in [4.78, 5) is 0. The van der Waals surface area contributed by atoms with E-state index in [0.717, 1.165) is 12.8 Å². The predicted molar refractivity (Wildman–Crippen MR) is 49.0 cm³/mol. The van der Waals surface area contributed by atoms with Crippen molar-refractivity contribution < 1.29 is 10.2 Å². The maximum atomic E-state index is 9.95. The van der Waals surface area contributed by atoms with Crippen molar-refractivity contribution >= 4 is 0 Å². The second-order valence-electron chi connectivity index (χ2n) is 3.03. The molecule has 0 aliphatic rings. The summed E-state index contributed by atoms with van der Waals surface area (Å²) >= 11 is 0. The highest BCUT2D eigenvalue weighted by Crippen LogP contribution is 2.26. The van der Waals surface area contributed by atoms with Crippen molar-refractivity contribution in [1.29, 1.82) is 0 Å². The zero-order valence-corrected chi connectivity index (χ0v) is 8.09. The fraction of sp³-hybridized carbons (Fsp3) is 0.800. The summed E-state index contributed by atoms with van der Waals surface area (Å²) in [5, 5.41) is 18.4. The topological polar surface area (TPSA) is 40.5 Å². The molecule has 0 bridgehead atoms. The number of hydrogen-bond acceptors (Lipinski definition) is 2. The molecule has 0 aliphatic carbocycles. The molecule has 0 saturated heterocycles. The lowest BCUT2D eigenvalue weighted by Gasteiger charge is -2.28. The molecule has 0 heterocycles. The van der Waals surface area contributed by atoms with E-state index in [0.29, 0.717) is 6.42 Å². The standard InChI is InChI=1S/C10H18O2/c1-4-9(5-2)10(12,6-3)7-8-11/h9,11-12H,4-6H2,1-3H3. The van der Waals surface area contributed by atoms with Crippen LogP contribution in [0.15, 0.2) is 0 Å². The van der Waals surface area contributed by atoms with Crippen LogP contribution in [0.4, 0.5) is 0 Å². The monoisotopic (exact) mass is 170 g/mol. The molecule has 0 aromatic heterocycles. The van der Waals surface area contributed by atoms with Gasteiger partial charge in [-0.2, -0.15) is 0 Å². The third-order valence-corrected chi connectivity index (χ3v) is 2.47. The van der Waals surface area contributed by atoms with E-state index < -0.39 is 5.60 Å². The summed E-state index contributed by atoms with van der Waals surface area (Å²) in [5.41, 5.74) is -1.00. The molecule has 1 unspecified atom stereocenters. The molecule has 2 heteroatoms. The lowest BCUT2D eigenvalue weighted by molar-refractivity contribution is 0.0294. The predicted octanol–water partition coefficient (Wildman–Crippen LogP) is 1.90. The Morgan fingerprint density at radius 1 is 1.25 bits per heavy atom. The van der Waals surface area contributed by atoms with Crippen LogP contribution in [-0.2, 0) is 0 Å². The molecule has 0 aromatic carbocycles. The first-order valence-corrected chi connectivity index (χ1v) is 4.53. The number of aliphatic hydroxyl groups excluding tert-OH is 1. The summed E-state index contributed by atoms with van der Waals surface area (Å²) in [6.45, 7) is 5.92. The van der Waals surface area contributed by atoms with E-state index in [4.69, 9.17) is 5.11 Å². The van der Waals surface area contributed by atoms with Gasteiger partial charge in [-0.25, -0.2) is 0 Å². The fourth-order valence-electron chi connectivity index (χ4n) is 1.54. The molecule has 0 rings (SSSR count). The molecular weight excluding hydrogens is 152 g/mol. The minimum absolute atomic E-state index is 0.155. The Labute approximate surface area is 74.6 Å². The largest absolute Gasteiger partial charge is 0.462 e. The molecule has 1 atom stereocenters. The van der Waals surface area contributed by atoms with Crippen LogP contribution in [0.5, 0.6) is 0 Å². The maximum absolute atomic E-state index is 9.95. The van der Waals surface area contributed by atoms with Gasteiger partial charge in [0.15, 0.2) is 0 Å². The van der Waals surface area contributed by atoms with Gasteiger partial charge in [0.1, 0.15) is 11.7 Å². The van der Waals surface area contributed by atoms with E-state index in [9.17, 15) is 5.11 Å². The fourth-order valence-corrected chi connectivity index (χ4v) is 1.54. The van der Waals surface area contributed by atoms with Crippen molar-refractivity contribution in [2.75, 3.05) is 0 Å². The molecule has 0 aromatic rings. The van der Waals surface area contributed by atoms with Crippen molar-refractivity contribution in [2.24, 2.45) is 5.92 Å². The first-order valence-electron chi connectivity index (χ1n) is 4.53.